The fourth-order valence-corrected chi connectivity index (χ4v) is 2.98. The van der Waals surface area contributed by atoms with Gasteiger partial charge in [-0.1, -0.05) is 49.9 Å². The zero-order valence-electron chi connectivity index (χ0n) is 18.7. The van der Waals surface area contributed by atoms with E-state index in [-0.39, 0.29) is 11.8 Å². The minimum Gasteiger partial charge on any atom is -0.493 e. The molecule has 1 heterocycles. The predicted molar refractivity (Wildman–Crippen MR) is 125 cm³/mol. The number of nitrogens with one attached hydrogen (secondary N) is 1. The fourth-order valence-electron chi connectivity index (χ4n) is 2.98. The van der Waals surface area contributed by atoms with Gasteiger partial charge in [0.05, 0.1) is 18.4 Å². The number of carbonyl (C=O) groups is 1. The number of ether oxygens (including phenoxy) is 2. The third-order valence-corrected chi connectivity index (χ3v) is 4.68. The summed E-state index contributed by atoms with van der Waals surface area (Å²) in [6.45, 7) is 9.91. The molecule has 0 radical (unpaired) electrons. The number of hydrogen-bond acceptors (Lipinski definition) is 6. The van der Waals surface area contributed by atoms with Crippen molar-refractivity contribution < 1.29 is 18.8 Å². The third kappa shape index (κ3) is 5.43. The summed E-state index contributed by atoms with van der Waals surface area (Å²) in [6.07, 6.45) is 4.83. The van der Waals surface area contributed by atoms with Gasteiger partial charge in [-0.2, -0.15) is 4.98 Å². The minimum atomic E-state index is -0.282. The molecule has 0 saturated heterocycles. The Morgan fingerprint density at radius 3 is 2.75 bits per heavy atom. The van der Waals surface area contributed by atoms with E-state index in [1.165, 1.54) is 6.08 Å². The molecule has 0 spiro atoms. The molecule has 0 unspecified atom stereocenters. The largest absolute Gasteiger partial charge is 0.493 e. The summed E-state index contributed by atoms with van der Waals surface area (Å²) in [7, 11) is 1.57. The summed E-state index contributed by atoms with van der Waals surface area (Å²) in [6, 6.07) is 11.1. The van der Waals surface area contributed by atoms with Crippen LogP contribution in [-0.4, -0.2) is 29.8 Å². The summed E-state index contributed by atoms with van der Waals surface area (Å²) in [5.41, 5.74) is 2.99. The van der Waals surface area contributed by atoms with Crippen molar-refractivity contribution in [1.29, 1.82) is 0 Å². The van der Waals surface area contributed by atoms with E-state index in [1.54, 1.807) is 31.4 Å². The van der Waals surface area contributed by atoms with Crippen LogP contribution in [0.4, 0.5) is 5.69 Å². The number of aromatic nitrogens is 2. The molecule has 1 aromatic heterocycles. The molecule has 2 aromatic carbocycles. The van der Waals surface area contributed by atoms with Crippen LogP contribution in [0.15, 0.2) is 59.7 Å². The Balaban J connectivity index is 1.79. The molecule has 0 aliphatic carbocycles. The summed E-state index contributed by atoms with van der Waals surface area (Å²) in [5, 5.41) is 6.95. The quantitative estimate of drug-likeness (QED) is 0.359. The molecule has 0 fully saturated rings. The average molecular weight is 434 g/mol. The Bertz CT molecular complexity index is 1130. The monoisotopic (exact) mass is 433 g/mol. The highest BCUT2D eigenvalue weighted by Gasteiger charge is 2.17. The molecule has 3 aromatic rings. The Morgan fingerprint density at radius 2 is 2.06 bits per heavy atom. The second-order valence-electron chi connectivity index (χ2n) is 7.44. The average Bonchev–Trinajstić information content (AvgIpc) is 3.28. The van der Waals surface area contributed by atoms with E-state index >= 15 is 0 Å². The van der Waals surface area contributed by atoms with E-state index in [9.17, 15) is 4.79 Å². The first kappa shape index (κ1) is 22.8. The smallest absolute Gasteiger partial charge is 0.260 e. The van der Waals surface area contributed by atoms with E-state index in [0.717, 1.165) is 11.1 Å². The van der Waals surface area contributed by atoms with E-state index in [0.29, 0.717) is 41.1 Å². The van der Waals surface area contributed by atoms with Gasteiger partial charge in [0.15, 0.2) is 17.3 Å². The molecule has 1 N–H and O–H groups in total. The van der Waals surface area contributed by atoms with Crippen molar-refractivity contribution >= 4 is 17.7 Å². The van der Waals surface area contributed by atoms with Crippen LogP contribution in [0.3, 0.4) is 0 Å². The highest BCUT2D eigenvalue weighted by atomic mass is 16.5. The van der Waals surface area contributed by atoms with Crippen LogP contribution >= 0.6 is 0 Å². The number of nitrogens with zero attached hydrogens (tertiary/aromatic N) is 2. The second kappa shape index (κ2) is 10.4. The Kier molecular flexibility index (Phi) is 7.44. The van der Waals surface area contributed by atoms with E-state index in [4.69, 9.17) is 14.0 Å². The first-order valence-electron chi connectivity index (χ1n) is 10.3. The number of rotatable bonds is 9. The molecule has 0 bridgehead atoms. The van der Waals surface area contributed by atoms with Gasteiger partial charge in [-0.25, -0.2) is 0 Å². The Hall–Kier alpha value is -3.87. The van der Waals surface area contributed by atoms with Crippen LogP contribution in [0.5, 0.6) is 11.5 Å². The van der Waals surface area contributed by atoms with Crippen LogP contribution < -0.4 is 14.8 Å². The molecule has 1 amide bonds. The van der Waals surface area contributed by atoms with Crippen LogP contribution in [0, 0.1) is 6.92 Å². The van der Waals surface area contributed by atoms with Gasteiger partial charge >= 0.3 is 0 Å². The van der Waals surface area contributed by atoms with Gasteiger partial charge in [-0.05, 0) is 42.3 Å². The first-order valence-corrected chi connectivity index (χ1v) is 10.3. The normalized spacial score (nSPS) is 11.0. The zero-order chi connectivity index (χ0) is 23.1. The molecular weight excluding hydrogens is 406 g/mol. The van der Waals surface area contributed by atoms with E-state index in [1.807, 2.05) is 45.0 Å². The lowest BCUT2D eigenvalue weighted by Crippen LogP contribution is -2.10. The number of methoxy groups -OCH3 is 1. The van der Waals surface area contributed by atoms with Crippen molar-refractivity contribution in [1.82, 2.24) is 10.1 Å². The lowest BCUT2D eigenvalue weighted by Gasteiger charge is -2.11. The molecule has 166 valence electrons. The van der Waals surface area contributed by atoms with Crippen molar-refractivity contribution in [2.75, 3.05) is 19.0 Å². The molecule has 7 heteroatoms. The summed E-state index contributed by atoms with van der Waals surface area (Å²) < 4.78 is 16.3. The molecule has 7 nitrogen and oxygen atoms in total. The molecule has 3 rings (SSSR count). The molecule has 0 aliphatic heterocycles. The maximum absolute atomic E-state index is 12.7. The lowest BCUT2D eigenvalue weighted by molar-refractivity contribution is -0.111. The number of hydrogen-bond donors (Lipinski definition) is 1. The van der Waals surface area contributed by atoms with Crippen molar-refractivity contribution in [2.24, 2.45) is 0 Å². The maximum Gasteiger partial charge on any atom is 0.260 e. The molecule has 0 saturated carbocycles. The van der Waals surface area contributed by atoms with Crippen LogP contribution in [0.25, 0.3) is 17.5 Å². The number of amides is 1. The van der Waals surface area contributed by atoms with Gasteiger partial charge < -0.3 is 19.3 Å². The van der Waals surface area contributed by atoms with E-state index < -0.39 is 0 Å². The van der Waals surface area contributed by atoms with Gasteiger partial charge in [0.25, 0.3) is 5.89 Å². The van der Waals surface area contributed by atoms with Gasteiger partial charge in [-0.3, -0.25) is 4.79 Å². The number of aryl methyl sites for hydroxylation is 1. The second-order valence-corrected chi connectivity index (χ2v) is 7.44. The Morgan fingerprint density at radius 1 is 1.25 bits per heavy atom. The summed E-state index contributed by atoms with van der Waals surface area (Å²) in [5.74, 6) is 2.04. The van der Waals surface area contributed by atoms with Crippen LogP contribution in [0.2, 0.25) is 0 Å². The van der Waals surface area contributed by atoms with Crippen molar-refractivity contribution in [3.8, 4) is 23.0 Å². The van der Waals surface area contributed by atoms with Gasteiger partial charge in [0.1, 0.15) is 6.61 Å². The number of para-hydroxylation sites is 1. The SMILES string of the molecule is C=CCOc1ccc(/C=C/C(=O)Nc2c(C)cccc2-c2nc(C(C)C)no2)cc1OC. The standard InChI is InChI=1S/C25H27N3O4/c1-6-14-31-20-12-10-18(15-21(20)30-5)11-13-22(29)26-23-17(4)8-7-9-19(23)25-27-24(16(2)3)28-32-25/h6-13,15-16H,1,14H2,2-5H3,(H,26,29)/b13-11+. The van der Waals surface area contributed by atoms with Crippen molar-refractivity contribution in [2.45, 2.75) is 26.7 Å². The minimum absolute atomic E-state index is 0.142. The van der Waals surface area contributed by atoms with Gasteiger partial charge in [-0.15, -0.1) is 0 Å². The van der Waals surface area contributed by atoms with Crippen molar-refractivity contribution in [3.63, 3.8) is 0 Å². The number of anilines is 1. The molecule has 32 heavy (non-hydrogen) atoms. The fraction of sp³-hybridized carbons (Fsp3) is 0.240. The Labute approximate surface area is 187 Å². The maximum atomic E-state index is 12.7. The zero-order valence-corrected chi connectivity index (χ0v) is 18.7. The van der Waals surface area contributed by atoms with Gasteiger partial charge in [0.2, 0.25) is 5.91 Å². The predicted octanol–water partition coefficient (Wildman–Crippen LogP) is 5.39. The molecule has 0 atom stereocenters. The van der Waals surface area contributed by atoms with Crippen LogP contribution in [-0.2, 0) is 4.79 Å². The highest BCUT2D eigenvalue weighted by molar-refractivity contribution is 6.04. The number of carbonyl (C=O) groups excluding carboxylic acids is 1. The third-order valence-electron chi connectivity index (χ3n) is 4.68. The number of benzene rings is 2. The van der Waals surface area contributed by atoms with E-state index in [2.05, 4.69) is 22.0 Å². The molecular formula is C25H27N3O4. The lowest BCUT2D eigenvalue weighted by atomic mass is 10.1. The van der Waals surface area contributed by atoms with Crippen LogP contribution in [0.1, 0.15) is 36.7 Å². The molecule has 0 aliphatic rings. The van der Waals surface area contributed by atoms with Gasteiger partial charge in [0, 0.05) is 12.0 Å². The van der Waals surface area contributed by atoms with Crippen molar-refractivity contribution in [3.05, 3.63) is 72.1 Å². The first-order chi connectivity index (χ1) is 15.4. The highest BCUT2D eigenvalue weighted by Crippen LogP contribution is 2.31. The summed E-state index contributed by atoms with van der Waals surface area (Å²) >= 11 is 0. The topological polar surface area (TPSA) is 86.5 Å². The summed E-state index contributed by atoms with van der Waals surface area (Å²) in [4.78, 5) is 17.1.